The predicted octanol–water partition coefficient (Wildman–Crippen LogP) is 3.65. The summed E-state index contributed by atoms with van der Waals surface area (Å²) in [6.45, 7) is 0.565. The number of nitrogens with zero attached hydrogens (tertiary/aromatic N) is 3. The third-order valence-electron chi connectivity index (χ3n) is 4.40. The lowest BCUT2D eigenvalue weighted by molar-refractivity contribution is 0.285. The van der Waals surface area contributed by atoms with Gasteiger partial charge in [-0.3, -0.25) is 4.90 Å². The van der Waals surface area contributed by atoms with Crippen LogP contribution in [-0.4, -0.2) is 29.2 Å². The Labute approximate surface area is 139 Å². The zero-order chi connectivity index (χ0) is 17.1. The van der Waals surface area contributed by atoms with Crippen molar-refractivity contribution >= 4 is 0 Å². The molecule has 0 radical (unpaired) electrons. The molecule has 1 heterocycles. The highest BCUT2D eigenvalue weighted by Crippen LogP contribution is 2.33. The number of rotatable bonds is 6. The van der Waals surface area contributed by atoms with Gasteiger partial charge in [0.05, 0.1) is 13.7 Å². The maximum absolute atomic E-state index is 14.0. The van der Waals surface area contributed by atoms with E-state index in [-0.39, 0.29) is 12.1 Å². The van der Waals surface area contributed by atoms with Gasteiger partial charge < -0.3 is 9.26 Å². The van der Waals surface area contributed by atoms with Crippen molar-refractivity contribution in [3.63, 3.8) is 0 Å². The van der Waals surface area contributed by atoms with Crippen molar-refractivity contribution < 1.29 is 18.0 Å². The van der Waals surface area contributed by atoms with Crippen LogP contribution in [0.3, 0.4) is 0 Å². The molecule has 0 bridgehead atoms. The van der Waals surface area contributed by atoms with Crippen LogP contribution >= 0.6 is 0 Å². The Bertz CT molecular complexity index is 699. The standard InChI is InChI=1S/C17H21F2N3O2/c1-22(9-12-14(23-2)8-7-13(18)16(12)19)10-15-20-17(24-21-15)11-5-3-4-6-11/h7-8,11H,3-6,9-10H2,1-2H3. The van der Waals surface area contributed by atoms with Gasteiger partial charge in [-0.15, -0.1) is 0 Å². The second-order valence-electron chi connectivity index (χ2n) is 6.24. The Balaban J connectivity index is 1.68. The number of hydrogen-bond acceptors (Lipinski definition) is 5. The van der Waals surface area contributed by atoms with Gasteiger partial charge in [0, 0.05) is 18.0 Å². The third kappa shape index (κ3) is 3.56. The lowest BCUT2D eigenvalue weighted by Gasteiger charge is -2.17. The summed E-state index contributed by atoms with van der Waals surface area (Å²) in [6.07, 6.45) is 4.56. The number of methoxy groups -OCH3 is 1. The maximum atomic E-state index is 14.0. The van der Waals surface area contributed by atoms with Crippen molar-refractivity contribution in [1.29, 1.82) is 0 Å². The minimum Gasteiger partial charge on any atom is -0.496 e. The number of halogens is 2. The van der Waals surface area contributed by atoms with Gasteiger partial charge in [-0.05, 0) is 32.0 Å². The molecule has 5 nitrogen and oxygen atoms in total. The van der Waals surface area contributed by atoms with Crippen molar-refractivity contribution in [1.82, 2.24) is 15.0 Å². The van der Waals surface area contributed by atoms with E-state index >= 15 is 0 Å². The van der Waals surface area contributed by atoms with Crippen LogP contribution in [0.5, 0.6) is 5.75 Å². The molecular weight excluding hydrogens is 316 g/mol. The van der Waals surface area contributed by atoms with E-state index in [2.05, 4.69) is 10.1 Å². The molecule has 1 aliphatic rings. The zero-order valence-corrected chi connectivity index (χ0v) is 13.9. The van der Waals surface area contributed by atoms with E-state index in [1.54, 1.807) is 11.9 Å². The molecule has 24 heavy (non-hydrogen) atoms. The van der Waals surface area contributed by atoms with Gasteiger partial charge in [0.1, 0.15) is 5.75 Å². The molecule has 1 aromatic carbocycles. The fourth-order valence-corrected chi connectivity index (χ4v) is 3.15. The lowest BCUT2D eigenvalue weighted by atomic mass is 10.1. The number of benzene rings is 1. The molecule has 1 aliphatic carbocycles. The van der Waals surface area contributed by atoms with Crippen LogP contribution < -0.4 is 4.74 Å². The highest BCUT2D eigenvalue weighted by Gasteiger charge is 2.23. The molecule has 2 aromatic rings. The summed E-state index contributed by atoms with van der Waals surface area (Å²) in [5.74, 6) is 0.140. The van der Waals surface area contributed by atoms with Crippen molar-refractivity contribution in [2.45, 2.75) is 44.7 Å². The summed E-state index contributed by atoms with van der Waals surface area (Å²) in [5, 5.41) is 4.00. The first kappa shape index (κ1) is 16.8. The molecular formula is C17H21F2N3O2. The quantitative estimate of drug-likeness (QED) is 0.805. The van der Waals surface area contributed by atoms with Crippen LogP contribution in [0, 0.1) is 11.6 Å². The molecule has 0 saturated heterocycles. The van der Waals surface area contributed by atoms with E-state index in [9.17, 15) is 8.78 Å². The largest absolute Gasteiger partial charge is 0.496 e. The normalized spacial score (nSPS) is 15.4. The fourth-order valence-electron chi connectivity index (χ4n) is 3.15. The number of ether oxygens (including phenoxy) is 1. The van der Waals surface area contributed by atoms with E-state index in [1.807, 2.05) is 0 Å². The van der Waals surface area contributed by atoms with Crippen LogP contribution in [0.15, 0.2) is 16.7 Å². The first-order valence-corrected chi connectivity index (χ1v) is 8.10. The molecule has 0 aliphatic heterocycles. The molecule has 1 saturated carbocycles. The zero-order valence-electron chi connectivity index (χ0n) is 13.9. The topological polar surface area (TPSA) is 51.4 Å². The van der Waals surface area contributed by atoms with Gasteiger partial charge in [-0.2, -0.15) is 4.98 Å². The highest BCUT2D eigenvalue weighted by molar-refractivity contribution is 5.35. The molecule has 1 fully saturated rings. The van der Waals surface area contributed by atoms with Crippen LogP contribution in [-0.2, 0) is 13.1 Å². The maximum Gasteiger partial charge on any atom is 0.229 e. The average Bonchev–Trinajstić information content (AvgIpc) is 3.23. The van der Waals surface area contributed by atoms with E-state index in [0.29, 0.717) is 29.9 Å². The fraction of sp³-hybridized carbons (Fsp3) is 0.529. The molecule has 0 spiro atoms. The van der Waals surface area contributed by atoms with E-state index in [4.69, 9.17) is 9.26 Å². The van der Waals surface area contributed by atoms with Crippen molar-refractivity contribution in [2.24, 2.45) is 0 Å². The second-order valence-corrected chi connectivity index (χ2v) is 6.24. The molecule has 0 atom stereocenters. The molecule has 1 aromatic heterocycles. The van der Waals surface area contributed by atoms with E-state index < -0.39 is 11.6 Å². The van der Waals surface area contributed by atoms with Gasteiger partial charge in [0.25, 0.3) is 0 Å². The smallest absolute Gasteiger partial charge is 0.229 e. The monoisotopic (exact) mass is 337 g/mol. The van der Waals surface area contributed by atoms with Crippen molar-refractivity contribution in [3.05, 3.63) is 41.0 Å². The van der Waals surface area contributed by atoms with Gasteiger partial charge in [-0.25, -0.2) is 8.78 Å². The molecule has 0 amide bonds. The van der Waals surface area contributed by atoms with Gasteiger partial charge in [0.15, 0.2) is 17.5 Å². The second kappa shape index (κ2) is 7.25. The van der Waals surface area contributed by atoms with Crippen LogP contribution in [0.1, 0.15) is 48.9 Å². The minimum atomic E-state index is -0.888. The Morgan fingerprint density at radius 3 is 2.71 bits per heavy atom. The molecule has 3 rings (SSSR count). The Hall–Kier alpha value is -2.02. The average molecular weight is 337 g/mol. The SMILES string of the molecule is COc1ccc(F)c(F)c1CN(C)Cc1noc(C2CCCC2)n1. The summed E-state index contributed by atoms with van der Waals surface area (Å²) in [6, 6.07) is 2.48. The molecule has 0 N–H and O–H groups in total. The van der Waals surface area contributed by atoms with Crippen LogP contribution in [0.4, 0.5) is 8.78 Å². The number of hydrogen-bond donors (Lipinski definition) is 0. The summed E-state index contributed by atoms with van der Waals surface area (Å²) in [7, 11) is 3.22. The predicted molar refractivity (Wildman–Crippen MR) is 83.6 cm³/mol. The lowest BCUT2D eigenvalue weighted by Crippen LogP contribution is -2.19. The Morgan fingerprint density at radius 1 is 1.25 bits per heavy atom. The van der Waals surface area contributed by atoms with Gasteiger partial charge in [0.2, 0.25) is 5.89 Å². The van der Waals surface area contributed by atoms with Gasteiger partial charge in [-0.1, -0.05) is 18.0 Å². The Morgan fingerprint density at radius 2 is 2.00 bits per heavy atom. The van der Waals surface area contributed by atoms with Crippen LogP contribution in [0.2, 0.25) is 0 Å². The van der Waals surface area contributed by atoms with E-state index in [0.717, 1.165) is 18.9 Å². The summed E-state index contributed by atoms with van der Waals surface area (Å²) < 4.78 is 37.9. The Kier molecular flexibility index (Phi) is 5.08. The summed E-state index contributed by atoms with van der Waals surface area (Å²) >= 11 is 0. The first-order valence-electron chi connectivity index (χ1n) is 8.10. The van der Waals surface area contributed by atoms with E-state index in [1.165, 1.54) is 26.0 Å². The van der Waals surface area contributed by atoms with Crippen LogP contribution in [0.25, 0.3) is 0 Å². The minimum absolute atomic E-state index is 0.180. The highest BCUT2D eigenvalue weighted by atomic mass is 19.2. The molecule has 0 unspecified atom stereocenters. The first-order chi connectivity index (χ1) is 11.6. The summed E-state index contributed by atoms with van der Waals surface area (Å²) in [4.78, 5) is 6.23. The molecule has 7 heteroatoms. The van der Waals surface area contributed by atoms with Gasteiger partial charge >= 0.3 is 0 Å². The van der Waals surface area contributed by atoms with Crippen molar-refractivity contribution in [3.8, 4) is 5.75 Å². The van der Waals surface area contributed by atoms with Crippen molar-refractivity contribution in [2.75, 3.05) is 14.2 Å². The number of aromatic nitrogens is 2. The third-order valence-corrected chi connectivity index (χ3v) is 4.40. The molecule has 130 valence electrons. The summed E-state index contributed by atoms with van der Waals surface area (Å²) in [5.41, 5.74) is 0.180.